The summed E-state index contributed by atoms with van der Waals surface area (Å²) in [4.78, 5) is 24.7. The van der Waals surface area contributed by atoms with Crippen molar-refractivity contribution in [2.45, 2.75) is 50.2 Å². The topological polar surface area (TPSA) is 100 Å². The molecular formula is C31H33N5O3. The van der Waals surface area contributed by atoms with Crippen molar-refractivity contribution >= 4 is 11.7 Å². The van der Waals surface area contributed by atoms with E-state index in [1.165, 1.54) is 11.3 Å². The third kappa shape index (κ3) is 5.25. The predicted molar refractivity (Wildman–Crippen MR) is 146 cm³/mol. The summed E-state index contributed by atoms with van der Waals surface area (Å²) in [5, 5.41) is 12.7. The number of ether oxygens (including phenoxy) is 2. The SMILES string of the molecule is CC1(C#N)COCc2ccc(C(=O)NCc3cc(C4CC(c5cccc(N6CCOCC6)n5)C4)ccn3)cc21. The lowest BCUT2D eigenvalue weighted by Gasteiger charge is -2.36. The number of hydrogen-bond acceptors (Lipinski definition) is 7. The van der Waals surface area contributed by atoms with Gasteiger partial charge in [-0.05, 0) is 78.8 Å². The molecule has 0 spiro atoms. The van der Waals surface area contributed by atoms with Crippen LogP contribution in [-0.2, 0) is 28.0 Å². The van der Waals surface area contributed by atoms with Crippen LogP contribution < -0.4 is 10.2 Å². The summed E-state index contributed by atoms with van der Waals surface area (Å²) in [6.45, 7) is 6.28. The first-order valence-electron chi connectivity index (χ1n) is 13.7. The molecule has 200 valence electrons. The lowest BCUT2D eigenvalue weighted by Crippen LogP contribution is -2.37. The molecule has 2 aromatic heterocycles. The van der Waals surface area contributed by atoms with Gasteiger partial charge in [0.25, 0.3) is 5.91 Å². The van der Waals surface area contributed by atoms with Gasteiger partial charge >= 0.3 is 0 Å². The second-order valence-electron chi connectivity index (χ2n) is 11.0. The van der Waals surface area contributed by atoms with Gasteiger partial charge in [-0.25, -0.2) is 4.98 Å². The second kappa shape index (κ2) is 10.8. The Morgan fingerprint density at radius 3 is 2.79 bits per heavy atom. The Labute approximate surface area is 229 Å². The van der Waals surface area contributed by atoms with Crippen LogP contribution in [0.25, 0.3) is 0 Å². The Kier molecular flexibility index (Phi) is 7.03. The molecule has 1 saturated heterocycles. The first kappa shape index (κ1) is 25.5. The number of amides is 1. The smallest absolute Gasteiger partial charge is 0.251 e. The molecule has 8 heteroatoms. The Morgan fingerprint density at radius 2 is 1.97 bits per heavy atom. The van der Waals surface area contributed by atoms with Crippen molar-refractivity contribution < 1.29 is 14.3 Å². The van der Waals surface area contributed by atoms with Gasteiger partial charge in [0.15, 0.2) is 0 Å². The Balaban J connectivity index is 1.07. The Bertz CT molecular complexity index is 1410. The van der Waals surface area contributed by atoms with E-state index in [1.807, 2.05) is 25.3 Å². The summed E-state index contributed by atoms with van der Waals surface area (Å²) >= 11 is 0. The average molecular weight is 524 g/mol. The number of pyridine rings is 2. The zero-order chi connectivity index (χ0) is 26.8. The zero-order valence-electron chi connectivity index (χ0n) is 22.2. The van der Waals surface area contributed by atoms with E-state index >= 15 is 0 Å². The molecule has 4 heterocycles. The van der Waals surface area contributed by atoms with Crippen molar-refractivity contribution in [2.75, 3.05) is 37.8 Å². The number of benzene rings is 1. The molecule has 6 rings (SSSR count). The molecule has 1 aromatic carbocycles. The fourth-order valence-corrected chi connectivity index (χ4v) is 5.78. The number of aromatic nitrogens is 2. The molecule has 0 radical (unpaired) electrons. The van der Waals surface area contributed by atoms with Crippen LogP contribution in [-0.4, -0.2) is 48.8 Å². The number of fused-ring (bicyclic) bond motifs is 1. The highest BCUT2D eigenvalue weighted by Crippen LogP contribution is 2.47. The van der Waals surface area contributed by atoms with Gasteiger partial charge in [0.2, 0.25) is 0 Å². The maximum Gasteiger partial charge on any atom is 0.251 e. The molecule has 0 bridgehead atoms. The first-order valence-corrected chi connectivity index (χ1v) is 13.7. The Hall–Kier alpha value is -3.80. The quantitative estimate of drug-likeness (QED) is 0.516. The number of nitrogens with zero attached hydrogens (tertiary/aromatic N) is 4. The van der Waals surface area contributed by atoms with Crippen LogP contribution in [0, 0.1) is 11.3 Å². The van der Waals surface area contributed by atoms with Gasteiger partial charge in [0, 0.05) is 36.5 Å². The van der Waals surface area contributed by atoms with Crippen LogP contribution in [0.5, 0.6) is 0 Å². The van der Waals surface area contributed by atoms with Crippen LogP contribution in [0.2, 0.25) is 0 Å². The zero-order valence-corrected chi connectivity index (χ0v) is 22.2. The number of carbonyl (C=O) groups is 1. The van der Waals surface area contributed by atoms with Gasteiger partial charge in [-0.1, -0.05) is 12.1 Å². The molecule has 1 aliphatic carbocycles. The molecule has 1 unspecified atom stereocenters. The third-order valence-corrected chi connectivity index (χ3v) is 8.25. The van der Waals surface area contributed by atoms with Crippen molar-refractivity contribution in [3.63, 3.8) is 0 Å². The van der Waals surface area contributed by atoms with Crippen molar-refractivity contribution in [2.24, 2.45) is 0 Å². The summed E-state index contributed by atoms with van der Waals surface area (Å²) in [6, 6.07) is 18.4. The minimum Gasteiger partial charge on any atom is -0.378 e. The predicted octanol–water partition coefficient (Wildman–Crippen LogP) is 4.22. The normalized spacial score (nSPS) is 24.3. The third-order valence-electron chi connectivity index (χ3n) is 8.25. The minimum absolute atomic E-state index is 0.174. The minimum atomic E-state index is -0.750. The molecule has 39 heavy (non-hydrogen) atoms. The van der Waals surface area contributed by atoms with E-state index in [0.717, 1.165) is 61.8 Å². The fraction of sp³-hybridized carbons (Fsp3) is 0.419. The van der Waals surface area contributed by atoms with Crippen LogP contribution in [0.1, 0.15) is 70.0 Å². The molecule has 1 atom stereocenters. The summed E-state index contributed by atoms with van der Waals surface area (Å²) in [5.41, 5.74) is 4.88. The van der Waals surface area contributed by atoms with Gasteiger partial charge < -0.3 is 19.7 Å². The highest BCUT2D eigenvalue weighted by atomic mass is 16.5. The summed E-state index contributed by atoms with van der Waals surface area (Å²) < 4.78 is 11.0. The van der Waals surface area contributed by atoms with Crippen molar-refractivity contribution in [3.05, 3.63) is 88.4 Å². The number of nitrogens with one attached hydrogen (secondary N) is 1. The first-order chi connectivity index (χ1) is 19.0. The van der Waals surface area contributed by atoms with Crippen LogP contribution in [0.3, 0.4) is 0 Å². The van der Waals surface area contributed by atoms with E-state index in [9.17, 15) is 10.1 Å². The molecule has 1 saturated carbocycles. The highest BCUT2D eigenvalue weighted by Gasteiger charge is 2.34. The highest BCUT2D eigenvalue weighted by molar-refractivity contribution is 5.94. The van der Waals surface area contributed by atoms with Crippen LogP contribution in [0.4, 0.5) is 5.82 Å². The molecule has 8 nitrogen and oxygen atoms in total. The van der Waals surface area contributed by atoms with E-state index in [-0.39, 0.29) is 5.91 Å². The van der Waals surface area contributed by atoms with Gasteiger partial charge in [-0.15, -0.1) is 0 Å². The van der Waals surface area contributed by atoms with Gasteiger partial charge in [-0.3, -0.25) is 9.78 Å². The maximum absolute atomic E-state index is 13.0. The van der Waals surface area contributed by atoms with E-state index in [1.54, 1.807) is 6.07 Å². The van der Waals surface area contributed by atoms with Crippen LogP contribution >= 0.6 is 0 Å². The van der Waals surface area contributed by atoms with Gasteiger partial charge in [0.05, 0.1) is 44.7 Å². The summed E-state index contributed by atoms with van der Waals surface area (Å²) in [6.07, 6.45) is 3.95. The molecule has 1 N–H and O–H groups in total. The fourth-order valence-electron chi connectivity index (χ4n) is 5.78. The van der Waals surface area contributed by atoms with Crippen molar-refractivity contribution in [1.82, 2.24) is 15.3 Å². The number of morpholine rings is 1. The number of anilines is 1. The molecule has 2 fully saturated rings. The average Bonchev–Trinajstić information content (AvgIpc) is 2.96. The number of nitriles is 1. The van der Waals surface area contributed by atoms with Crippen molar-refractivity contribution in [3.8, 4) is 6.07 Å². The van der Waals surface area contributed by atoms with E-state index < -0.39 is 5.41 Å². The number of carbonyl (C=O) groups excluding carboxylic acids is 1. The Morgan fingerprint density at radius 1 is 1.13 bits per heavy atom. The van der Waals surface area contributed by atoms with E-state index in [2.05, 4.69) is 51.6 Å². The second-order valence-corrected chi connectivity index (χ2v) is 11.0. The monoisotopic (exact) mass is 523 g/mol. The molecule has 3 aromatic rings. The molecule has 2 aliphatic heterocycles. The van der Waals surface area contributed by atoms with Crippen molar-refractivity contribution in [1.29, 1.82) is 5.26 Å². The summed E-state index contributed by atoms with van der Waals surface area (Å²) in [7, 11) is 0. The van der Waals surface area contributed by atoms with Gasteiger partial charge in [-0.2, -0.15) is 5.26 Å². The lowest BCUT2D eigenvalue weighted by atomic mass is 9.70. The van der Waals surface area contributed by atoms with E-state index in [0.29, 0.717) is 37.2 Å². The molecule has 3 aliphatic rings. The molecule has 1 amide bonds. The van der Waals surface area contributed by atoms with E-state index in [4.69, 9.17) is 14.5 Å². The van der Waals surface area contributed by atoms with Crippen LogP contribution in [0.15, 0.2) is 54.7 Å². The number of rotatable bonds is 6. The maximum atomic E-state index is 13.0. The number of hydrogen-bond donors (Lipinski definition) is 1. The lowest BCUT2D eigenvalue weighted by molar-refractivity contribution is 0.0757. The molecular weight excluding hydrogens is 490 g/mol. The standard InChI is InChI=1S/C31H33N5O3/c1-31(19-32)20-39-18-23-6-5-22(16-27(23)31)30(37)34-17-26-15-21(7-8-33-26)24-13-25(14-24)28-3-2-4-29(35-28)36-9-11-38-12-10-36/h2-8,15-16,24-25H,9-14,17-18,20H2,1H3,(H,34,37). The largest absolute Gasteiger partial charge is 0.378 e. The van der Waals surface area contributed by atoms with Gasteiger partial charge in [0.1, 0.15) is 11.2 Å². The summed E-state index contributed by atoms with van der Waals surface area (Å²) in [5.74, 6) is 1.80.